The maximum Gasteiger partial charge on any atom is 0.429 e. The Morgan fingerprint density at radius 3 is 2.00 bits per heavy atom. The minimum Gasteiger partial charge on any atom is -0.375 e. The summed E-state index contributed by atoms with van der Waals surface area (Å²) in [5.41, 5.74) is -6.49. The van der Waals surface area contributed by atoms with Gasteiger partial charge >= 0.3 is 21.5 Å². The minimum atomic E-state index is -6.65. The molecule has 0 aromatic rings. The number of rotatable bonds is 6. The van der Waals surface area contributed by atoms with Crippen molar-refractivity contribution in [2.45, 2.75) is 61.2 Å². The summed E-state index contributed by atoms with van der Waals surface area (Å²) in [5.74, 6) is -0.392. The maximum atomic E-state index is 14.2. The molecule has 4 aliphatic rings. The normalized spacial score (nSPS) is 36.1. The molecule has 12 heteroatoms. The van der Waals surface area contributed by atoms with Crippen LogP contribution >= 0.6 is 0 Å². The number of ketones is 1. The molecule has 156 valence electrons. The van der Waals surface area contributed by atoms with E-state index in [0.29, 0.717) is 19.3 Å². The summed E-state index contributed by atoms with van der Waals surface area (Å²) in [6.45, 7) is -1.12. The van der Waals surface area contributed by atoms with Crippen LogP contribution in [0.1, 0.15) is 38.5 Å². The highest BCUT2D eigenvalue weighted by Gasteiger charge is 2.76. The van der Waals surface area contributed by atoms with Gasteiger partial charge in [-0.1, -0.05) is 0 Å². The predicted octanol–water partition coefficient (Wildman–Crippen LogP) is 3.29. The van der Waals surface area contributed by atoms with Gasteiger partial charge in [-0.3, -0.25) is 9.35 Å². The van der Waals surface area contributed by atoms with Crippen molar-refractivity contribution in [3.05, 3.63) is 0 Å². The van der Waals surface area contributed by atoms with Gasteiger partial charge in [0.15, 0.2) is 0 Å². The Labute approximate surface area is 151 Å². The highest BCUT2D eigenvalue weighted by Crippen LogP contribution is 2.56. The quantitative estimate of drug-likeness (QED) is 0.523. The number of halogens is 6. The van der Waals surface area contributed by atoms with E-state index in [1.165, 1.54) is 0 Å². The molecule has 4 aliphatic carbocycles. The number of carbonyl (C=O) groups excluding carboxylic acids is 1. The van der Waals surface area contributed by atoms with Gasteiger partial charge in [0, 0.05) is 18.3 Å². The lowest BCUT2D eigenvalue weighted by Gasteiger charge is -2.55. The summed E-state index contributed by atoms with van der Waals surface area (Å²) in [6.07, 6.45) is -6.05. The van der Waals surface area contributed by atoms with Crippen LogP contribution in [0.3, 0.4) is 0 Å². The number of alkyl halides is 6. The summed E-state index contributed by atoms with van der Waals surface area (Å²) in [4.78, 5) is 12.1. The topological polar surface area (TPSA) is 80.7 Å². The van der Waals surface area contributed by atoms with Crippen LogP contribution < -0.4 is 0 Å². The first-order valence-corrected chi connectivity index (χ1v) is 9.84. The van der Waals surface area contributed by atoms with Crippen molar-refractivity contribution in [1.82, 2.24) is 0 Å². The summed E-state index contributed by atoms with van der Waals surface area (Å²) in [5, 5.41) is -6.08. The van der Waals surface area contributed by atoms with Crippen LogP contribution in [0.25, 0.3) is 0 Å². The predicted molar refractivity (Wildman–Crippen MR) is 78.3 cm³/mol. The lowest BCUT2D eigenvalue weighted by atomic mass is 9.53. The van der Waals surface area contributed by atoms with Crippen molar-refractivity contribution in [3.8, 4) is 0 Å². The number of hydrogen-bond acceptors (Lipinski definition) is 4. The summed E-state index contributed by atoms with van der Waals surface area (Å²) in [6, 6.07) is 0. The fourth-order valence-electron chi connectivity index (χ4n) is 4.92. The molecule has 4 rings (SSSR count). The van der Waals surface area contributed by atoms with Gasteiger partial charge in [0.1, 0.15) is 5.78 Å². The summed E-state index contributed by atoms with van der Waals surface area (Å²) < 4.78 is 115. The SMILES string of the molecule is O=C1C2CC3CC1CC(OCCC(F)(C(F)(F)F)C(F)(F)S(=O)(=O)O)(C3)C2. The Hall–Kier alpha value is -0.880. The Kier molecular flexibility index (Phi) is 4.68. The van der Waals surface area contributed by atoms with E-state index in [-0.39, 0.29) is 36.4 Å². The first-order valence-electron chi connectivity index (χ1n) is 8.40. The maximum absolute atomic E-state index is 14.2. The van der Waals surface area contributed by atoms with Gasteiger partial charge < -0.3 is 4.74 Å². The molecular weight excluding hydrogens is 406 g/mol. The van der Waals surface area contributed by atoms with Crippen molar-refractivity contribution < 1.29 is 48.8 Å². The zero-order valence-corrected chi connectivity index (χ0v) is 14.8. The molecule has 3 unspecified atom stereocenters. The van der Waals surface area contributed by atoms with E-state index >= 15 is 0 Å². The highest BCUT2D eigenvalue weighted by molar-refractivity contribution is 7.87. The Morgan fingerprint density at radius 2 is 1.56 bits per heavy atom. The van der Waals surface area contributed by atoms with Gasteiger partial charge in [0.25, 0.3) is 5.67 Å². The van der Waals surface area contributed by atoms with Gasteiger partial charge in [-0.2, -0.15) is 30.4 Å². The third-order valence-corrected chi connectivity index (χ3v) is 7.00. The van der Waals surface area contributed by atoms with Crippen LogP contribution in [-0.2, 0) is 19.6 Å². The fourth-order valence-corrected chi connectivity index (χ4v) is 5.54. The molecule has 0 aromatic heterocycles. The second-order valence-corrected chi connectivity index (χ2v) is 9.28. The molecule has 0 radical (unpaired) electrons. The van der Waals surface area contributed by atoms with E-state index in [1.807, 2.05) is 0 Å². The molecule has 5 nitrogen and oxygen atoms in total. The zero-order chi connectivity index (χ0) is 20.5. The second-order valence-electron chi connectivity index (χ2n) is 7.82. The van der Waals surface area contributed by atoms with Crippen molar-refractivity contribution >= 4 is 15.9 Å². The smallest absolute Gasteiger partial charge is 0.375 e. The molecular formula is C15H18F6O5S. The molecule has 4 fully saturated rings. The molecule has 0 saturated heterocycles. The lowest BCUT2D eigenvalue weighted by molar-refractivity contribution is -0.288. The zero-order valence-electron chi connectivity index (χ0n) is 13.9. The second kappa shape index (κ2) is 6.06. The van der Waals surface area contributed by atoms with Crippen molar-refractivity contribution in [1.29, 1.82) is 0 Å². The van der Waals surface area contributed by atoms with Crippen LogP contribution in [0.2, 0.25) is 0 Å². The monoisotopic (exact) mass is 424 g/mol. The van der Waals surface area contributed by atoms with E-state index in [0.717, 1.165) is 0 Å². The van der Waals surface area contributed by atoms with E-state index in [1.54, 1.807) is 0 Å². The lowest BCUT2D eigenvalue weighted by Crippen LogP contribution is -2.60. The molecule has 0 spiro atoms. The number of ether oxygens (including phenoxy) is 1. The fraction of sp³-hybridized carbons (Fsp3) is 0.933. The van der Waals surface area contributed by atoms with Gasteiger partial charge in [-0.15, -0.1) is 0 Å². The van der Waals surface area contributed by atoms with Gasteiger partial charge in [-0.05, 0) is 38.0 Å². The molecule has 0 amide bonds. The van der Waals surface area contributed by atoms with E-state index in [4.69, 9.17) is 9.29 Å². The number of carbonyl (C=O) groups is 1. The third kappa shape index (κ3) is 3.17. The molecule has 1 N–H and O–H groups in total. The molecule has 4 saturated carbocycles. The molecule has 0 heterocycles. The Bertz CT molecular complexity index is 717. The van der Waals surface area contributed by atoms with Crippen LogP contribution in [0, 0.1) is 17.8 Å². The largest absolute Gasteiger partial charge is 0.429 e. The molecule has 0 aliphatic heterocycles. The number of hydrogen-bond donors (Lipinski definition) is 1. The minimum absolute atomic E-state index is 0.0678. The Balaban J connectivity index is 1.75. The molecule has 3 atom stereocenters. The first kappa shape index (κ1) is 20.8. The third-order valence-electron chi connectivity index (χ3n) is 6.03. The standard InChI is InChI=1S/C15H18F6O5S/c16-13(14(17,18)19,15(20,21)27(23,24)25)1-2-26-12-5-8-3-9(6-12)11(22)10(4-8)7-12/h8-10H,1-7H2,(H,23,24,25). The van der Waals surface area contributed by atoms with Crippen molar-refractivity contribution in [3.63, 3.8) is 0 Å². The summed E-state index contributed by atoms with van der Waals surface area (Å²) >= 11 is 0. The van der Waals surface area contributed by atoms with Gasteiger partial charge in [0.2, 0.25) is 0 Å². The van der Waals surface area contributed by atoms with Gasteiger partial charge in [-0.25, -0.2) is 4.39 Å². The number of Topliss-reactive ketones (excluding diaryl/α,β-unsaturated/α-hetero) is 1. The molecule has 4 bridgehead atoms. The molecule has 0 aromatic carbocycles. The molecule has 27 heavy (non-hydrogen) atoms. The van der Waals surface area contributed by atoms with Crippen molar-refractivity contribution in [2.75, 3.05) is 6.61 Å². The highest BCUT2D eigenvalue weighted by atomic mass is 32.2. The van der Waals surface area contributed by atoms with Crippen molar-refractivity contribution in [2.24, 2.45) is 17.8 Å². The van der Waals surface area contributed by atoms with Crippen LogP contribution in [0.4, 0.5) is 26.3 Å². The van der Waals surface area contributed by atoms with Gasteiger partial charge in [0.05, 0.1) is 12.2 Å². The van der Waals surface area contributed by atoms with Crippen LogP contribution in [0.5, 0.6) is 0 Å². The van der Waals surface area contributed by atoms with Crippen LogP contribution in [-0.4, -0.2) is 48.1 Å². The summed E-state index contributed by atoms with van der Waals surface area (Å²) in [7, 11) is -6.65. The van der Waals surface area contributed by atoms with E-state index in [2.05, 4.69) is 0 Å². The first-order chi connectivity index (χ1) is 12.1. The van der Waals surface area contributed by atoms with Crippen LogP contribution in [0.15, 0.2) is 0 Å². The Morgan fingerprint density at radius 1 is 1.04 bits per heavy atom. The average Bonchev–Trinajstić information content (AvgIpc) is 2.49. The van der Waals surface area contributed by atoms with E-state index in [9.17, 15) is 39.6 Å². The average molecular weight is 424 g/mol. The van der Waals surface area contributed by atoms with E-state index < -0.39 is 45.8 Å².